The van der Waals surface area contributed by atoms with Gasteiger partial charge >= 0.3 is 0 Å². The number of amides is 1. The largest absolute Gasteiger partial charge is 0.386 e. The van der Waals surface area contributed by atoms with Crippen molar-refractivity contribution >= 4 is 5.91 Å². The molecule has 0 aromatic carbocycles. The second-order valence-corrected chi connectivity index (χ2v) is 3.58. The lowest BCUT2D eigenvalue weighted by molar-refractivity contribution is -0.156. The molecule has 1 aliphatic rings. The molecule has 0 unspecified atom stereocenters. The van der Waals surface area contributed by atoms with Crippen molar-refractivity contribution in [2.45, 2.75) is 38.7 Å². The van der Waals surface area contributed by atoms with Crippen LogP contribution in [0.4, 0.5) is 0 Å². The summed E-state index contributed by atoms with van der Waals surface area (Å²) < 4.78 is 0. The molecule has 1 saturated heterocycles. The maximum atomic E-state index is 11.1. The van der Waals surface area contributed by atoms with Crippen molar-refractivity contribution in [3.05, 3.63) is 0 Å². The standard InChI is InChI=1S/C9H17NO2/c1-3-5-9(12)6-10(7-9)8(11)4-2/h12H,3-7H2,1-2H3. The lowest BCUT2D eigenvalue weighted by Crippen LogP contribution is -2.63. The van der Waals surface area contributed by atoms with Crippen LogP contribution in [-0.4, -0.2) is 34.6 Å². The number of carbonyl (C=O) groups is 1. The quantitative estimate of drug-likeness (QED) is 0.681. The average Bonchev–Trinajstić information content (AvgIpc) is 1.99. The Hall–Kier alpha value is -0.570. The molecule has 0 spiro atoms. The molecule has 12 heavy (non-hydrogen) atoms. The van der Waals surface area contributed by atoms with Crippen molar-refractivity contribution in [1.82, 2.24) is 4.90 Å². The highest BCUT2D eigenvalue weighted by Crippen LogP contribution is 2.25. The summed E-state index contributed by atoms with van der Waals surface area (Å²) in [5.74, 6) is 0.149. The van der Waals surface area contributed by atoms with Gasteiger partial charge in [0.05, 0.1) is 18.7 Å². The van der Waals surface area contributed by atoms with Gasteiger partial charge in [-0.05, 0) is 6.42 Å². The normalized spacial score (nSPS) is 20.4. The van der Waals surface area contributed by atoms with Crippen LogP contribution in [0.5, 0.6) is 0 Å². The molecule has 0 saturated carbocycles. The predicted molar refractivity (Wildman–Crippen MR) is 46.7 cm³/mol. The van der Waals surface area contributed by atoms with Crippen LogP contribution < -0.4 is 0 Å². The Morgan fingerprint density at radius 3 is 2.50 bits per heavy atom. The molecule has 70 valence electrons. The second-order valence-electron chi connectivity index (χ2n) is 3.58. The highest BCUT2D eigenvalue weighted by atomic mass is 16.3. The van der Waals surface area contributed by atoms with E-state index in [0.717, 1.165) is 12.8 Å². The SMILES string of the molecule is CCCC1(O)CN(C(=O)CC)C1. The second kappa shape index (κ2) is 3.44. The summed E-state index contributed by atoms with van der Waals surface area (Å²) in [6.07, 6.45) is 2.33. The molecule has 0 atom stereocenters. The molecule has 3 heteroatoms. The van der Waals surface area contributed by atoms with Gasteiger partial charge < -0.3 is 10.0 Å². The van der Waals surface area contributed by atoms with Crippen molar-refractivity contribution in [2.75, 3.05) is 13.1 Å². The minimum Gasteiger partial charge on any atom is -0.386 e. The van der Waals surface area contributed by atoms with Crippen LogP contribution in [0, 0.1) is 0 Å². The molecule has 3 nitrogen and oxygen atoms in total. The van der Waals surface area contributed by atoms with Crippen LogP contribution in [0.1, 0.15) is 33.1 Å². The van der Waals surface area contributed by atoms with Gasteiger partial charge in [0.25, 0.3) is 0 Å². The van der Waals surface area contributed by atoms with Gasteiger partial charge in [0.1, 0.15) is 0 Å². The third-order valence-electron chi connectivity index (χ3n) is 2.34. The molecule has 1 N–H and O–H groups in total. The Morgan fingerprint density at radius 1 is 1.50 bits per heavy atom. The fourth-order valence-electron chi connectivity index (χ4n) is 1.69. The Morgan fingerprint density at radius 2 is 2.08 bits per heavy atom. The average molecular weight is 171 g/mol. The number of aliphatic hydroxyl groups is 1. The zero-order chi connectivity index (χ0) is 9.19. The summed E-state index contributed by atoms with van der Waals surface area (Å²) in [7, 11) is 0. The number of rotatable bonds is 3. The topological polar surface area (TPSA) is 40.5 Å². The number of nitrogens with zero attached hydrogens (tertiary/aromatic N) is 1. The zero-order valence-corrected chi connectivity index (χ0v) is 7.84. The van der Waals surface area contributed by atoms with Gasteiger partial charge in [0, 0.05) is 6.42 Å². The lowest BCUT2D eigenvalue weighted by Gasteiger charge is -2.46. The van der Waals surface area contributed by atoms with Crippen molar-refractivity contribution in [2.24, 2.45) is 0 Å². The summed E-state index contributed by atoms with van der Waals surface area (Å²) in [5.41, 5.74) is -0.570. The predicted octanol–water partition coefficient (Wildman–Crippen LogP) is 0.770. The number of carbonyl (C=O) groups excluding carboxylic acids is 1. The third-order valence-corrected chi connectivity index (χ3v) is 2.34. The minimum atomic E-state index is -0.570. The Labute approximate surface area is 73.4 Å². The van der Waals surface area contributed by atoms with Gasteiger partial charge in [-0.25, -0.2) is 0 Å². The molecule has 1 heterocycles. The maximum Gasteiger partial charge on any atom is 0.222 e. The van der Waals surface area contributed by atoms with E-state index in [4.69, 9.17) is 0 Å². The highest BCUT2D eigenvalue weighted by Gasteiger charge is 2.41. The molecular weight excluding hydrogens is 154 g/mol. The summed E-state index contributed by atoms with van der Waals surface area (Å²) in [4.78, 5) is 12.8. The lowest BCUT2D eigenvalue weighted by atomic mass is 9.89. The summed E-state index contributed by atoms with van der Waals surface area (Å²) in [6.45, 7) is 4.96. The van der Waals surface area contributed by atoms with Crippen molar-refractivity contribution < 1.29 is 9.90 Å². The fourth-order valence-corrected chi connectivity index (χ4v) is 1.69. The van der Waals surface area contributed by atoms with Crippen molar-refractivity contribution in [3.8, 4) is 0 Å². The van der Waals surface area contributed by atoms with E-state index in [-0.39, 0.29) is 5.91 Å². The van der Waals surface area contributed by atoms with E-state index in [1.807, 2.05) is 13.8 Å². The molecule has 1 aliphatic heterocycles. The monoisotopic (exact) mass is 171 g/mol. The first kappa shape index (κ1) is 9.52. The van der Waals surface area contributed by atoms with Crippen molar-refractivity contribution in [1.29, 1.82) is 0 Å². The van der Waals surface area contributed by atoms with Gasteiger partial charge in [0.2, 0.25) is 5.91 Å². The Balaban J connectivity index is 2.31. The van der Waals surface area contributed by atoms with Crippen LogP contribution in [0.2, 0.25) is 0 Å². The van der Waals surface area contributed by atoms with E-state index in [9.17, 15) is 9.90 Å². The Kier molecular flexibility index (Phi) is 2.73. The number of hydrogen-bond donors (Lipinski definition) is 1. The van der Waals surface area contributed by atoms with Crippen LogP contribution in [-0.2, 0) is 4.79 Å². The first-order valence-corrected chi connectivity index (χ1v) is 4.61. The molecular formula is C9H17NO2. The van der Waals surface area contributed by atoms with Crippen molar-refractivity contribution in [3.63, 3.8) is 0 Å². The third kappa shape index (κ3) is 1.78. The number of β-amino-alcohol motifs (C(OH)–C–C–N with tert-alkyl or cyclic N) is 1. The molecule has 0 aromatic rings. The van der Waals surface area contributed by atoms with Crippen LogP contribution in [0.3, 0.4) is 0 Å². The fraction of sp³-hybridized carbons (Fsp3) is 0.889. The van der Waals surface area contributed by atoms with E-state index in [2.05, 4.69) is 0 Å². The molecule has 1 rings (SSSR count). The zero-order valence-electron chi connectivity index (χ0n) is 7.84. The number of hydrogen-bond acceptors (Lipinski definition) is 2. The molecule has 1 amide bonds. The van der Waals surface area contributed by atoms with Gasteiger partial charge in [-0.15, -0.1) is 0 Å². The maximum absolute atomic E-state index is 11.1. The van der Waals surface area contributed by atoms with E-state index in [1.165, 1.54) is 0 Å². The number of likely N-dealkylation sites (tertiary alicyclic amines) is 1. The van der Waals surface area contributed by atoms with E-state index in [1.54, 1.807) is 4.90 Å². The van der Waals surface area contributed by atoms with Gasteiger partial charge in [0.15, 0.2) is 0 Å². The van der Waals surface area contributed by atoms with Crippen LogP contribution >= 0.6 is 0 Å². The molecule has 0 radical (unpaired) electrons. The van der Waals surface area contributed by atoms with Gasteiger partial charge in [-0.1, -0.05) is 20.3 Å². The summed E-state index contributed by atoms with van der Waals surface area (Å²) in [5, 5.41) is 9.73. The van der Waals surface area contributed by atoms with Gasteiger partial charge in [-0.3, -0.25) is 4.79 Å². The van der Waals surface area contributed by atoms with E-state index in [0.29, 0.717) is 19.5 Å². The van der Waals surface area contributed by atoms with Crippen LogP contribution in [0.15, 0.2) is 0 Å². The molecule has 0 bridgehead atoms. The summed E-state index contributed by atoms with van der Waals surface area (Å²) >= 11 is 0. The Bertz CT molecular complexity index is 173. The first-order valence-electron chi connectivity index (χ1n) is 4.61. The first-order chi connectivity index (χ1) is 5.61. The van der Waals surface area contributed by atoms with Crippen LogP contribution in [0.25, 0.3) is 0 Å². The van der Waals surface area contributed by atoms with Gasteiger partial charge in [-0.2, -0.15) is 0 Å². The molecule has 0 aromatic heterocycles. The minimum absolute atomic E-state index is 0.149. The molecule has 0 aliphatic carbocycles. The van der Waals surface area contributed by atoms with E-state index < -0.39 is 5.60 Å². The smallest absolute Gasteiger partial charge is 0.222 e. The van der Waals surface area contributed by atoms with E-state index >= 15 is 0 Å². The summed E-state index contributed by atoms with van der Waals surface area (Å²) in [6, 6.07) is 0. The molecule has 1 fully saturated rings. The highest BCUT2D eigenvalue weighted by molar-refractivity contribution is 5.77.